The predicted molar refractivity (Wildman–Crippen MR) is 118 cm³/mol. The number of piperazine rings is 1. The van der Waals surface area contributed by atoms with Gasteiger partial charge in [0.25, 0.3) is 0 Å². The first-order valence-electron chi connectivity index (χ1n) is 9.24. The zero-order valence-electron chi connectivity index (χ0n) is 15.5. The van der Waals surface area contributed by atoms with Crippen molar-refractivity contribution in [3.05, 3.63) is 34.7 Å². The van der Waals surface area contributed by atoms with Crippen LogP contribution in [0.3, 0.4) is 0 Å². The molecule has 2 aromatic rings. The first-order chi connectivity index (χ1) is 13.2. The second-order valence-corrected chi connectivity index (χ2v) is 7.94. The van der Waals surface area contributed by atoms with E-state index in [-0.39, 0.29) is 0 Å². The zero-order chi connectivity index (χ0) is 19.1. The fraction of sp³-hybridized carbons (Fsp3) is 0.474. The van der Waals surface area contributed by atoms with Crippen LogP contribution < -0.4 is 10.2 Å². The van der Waals surface area contributed by atoms with E-state index in [1.165, 1.54) is 0 Å². The van der Waals surface area contributed by atoms with Crippen molar-refractivity contribution in [3.63, 3.8) is 0 Å². The number of nitrogens with one attached hydrogen (secondary N) is 1. The highest BCUT2D eigenvalue weighted by atomic mass is 35.5. The van der Waals surface area contributed by atoms with E-state index >= 15 is 0 Å². The van der Waals surface area contributed by atoms with Gasteiger partial charge in [-0.2, -0.15) is 0 Å². The number of rotatable bonds is 7. The molecule has 3 rings (SSSR count). The van der Waals surface area contributed by atoms with E-state index in [0.717, 1.165) is 78.9 Å². The molecule has 2 heterocycles. The number of benzene rings is 1. The largest absolute Gasteiger partial charge is 0.382 e. The van der Waals surface area contributed by atoms with Gasteiger partial charge in [-0.25, -0.2) is 4.98 Å². The van der Waals surface area contributed by atoms with Crippen molar-refractivity contribution >= 4 is 45.4 Å². The van der Waals surface area contributed by atoms with Gasteiger partial charge in [0.05, 0.1) is 5.69 Å². The van der Waals surface area contributed by atoms with Gasteiger partial charge >= 0.3 is 0 Å². The Bertz CT molecular complexity index is 730. The summed E-state index contributed by atoms with van der Waals surface area (Å²) in [5.41, 5.74) is 2.10. The SMILES string of the molecule is CCOCCCNC(=S)N1CCN(c2nc(-c3ccc(Cl)cc3)cs2)CC1. The summed E-state index contributed by atoms with van der Waals surface area (Å²) < 4.78 is 5.35. The van der Waals surface area contributed by atoms with Gasteiger partial charge in [0, 0.05) is 61.9 Å². The summed E-state index contributed by atoms with van der Waals surface area (Å²) in [6.45, 7) is 8.08. The van der Waals surface area contributed by atoms with Crippen LogP contribution in [-0.4, -0.2) is 60.9 Å². The number of hydrogen-bond acceptors (Lipinski definition) is 5. The van der Waals surface area contributed by atoms with E-state index in [2.05, 4.69) is 20.5 Å². The van der Waals surface area contributed by atoms with Crippen LogP contribution in [0.4, 0.5) is 5.13 Å². The van der Waals surface area contributed by atoms with E-state index in [0.29, 0.717) is 0 Å². The lowest BCUT2D eigenvalue weighted by molar-refractivity contribution is 0.145. The van der Waals surface area contributed by atoms with Gasteiger partial charge in [0.2, 0.25) is 0 Å². The first kappa shape index (κ1) is 20.3. The van der Waals surface area contributed by atoms with Crippen molar-refractivity contribution < 1.29 is 4.74 Å². The van der Waals surface area contributed by atoms with E-state index in [1.807, 2.05) is 31.2 Å². The second kappa shape index (κ2) is 10.2. The van der Waals surface area contributed by atoms with Crippen LogP contribution in [0.1, 0.15) is 13.3 Å². The summed E-state index contributed by atoms with van der Waals surface area (Å²) in [5.74, 6) is 0. The molecule has 1 aliphatic rings. The molecule has 5 nitrogen and oxygen atoms in total. The Morgan fingerprint density at radius 1 is 1.26 bits per heavy atom. The molecule has 0 unspecified atom stereocenters. The first-order valence-corrected chi connectivity index (χ1v) is 10.9. The van der Waals surface area contributed by atoms with Crippen LogP contribution in [-0.2, 0) is 4.74 Å². The molecular weight excluding hydrogens is 400 g/mol. The minimum atomic E-state index is 0.743. The Morgan fingerprint density at radius 2 is 2.00 bits per heavy atom. The fourth-order valence-electron chi connectivity index (χ4n) is 2.89. The number of ether oxygens (including phenoxy) is 1. The summed E-state index contributed by atoms with van der Waals surface area (Å²) in [5, 5.41) is 8.09. The summed E-state index contributed by atoms with van der Waals surface area (Å²) in [6.07, 6.45) is 0.973. The van der Waals surface area contributed by atoms with Crippen molar-refractivity contribution in [1.29, 1.82) is 0 Å². The molecule has 1 aliphatic heterocycles. The molecule has 0 amide bonds. The van der Waals surface area contributed by atoms with E-state index in [9.17, 15) is 0 Å². The van der Waals surface area contributed by atoms with Gasteiger partial charge in [-0.05, 0) is 37.7 Å². The average molecular weight is 425 g/mol. The lowest BCUT2D eigenvalue weighted by Gasteiger charge is -2.36. The van der Waals surface area contributed by atoms with Gasteiger partial charge in [-0.1, -0.05) is 23.7 Å². The van der Waals surface area contributed by atoms with Crippen molar-refractivity contribution in [3.8, 4) is 11.3 Å². The normalized spacial score (nSPS) is 14.4. The van der Waals surface area contributed by atoms with Crippen molar-refractivity contribution in [2.24, 2.45) is 0 Å². The fourth-order valence-corrected chi connectivity index (χ4v) is 4.19. The Hall–Kier alpha value is -1.41. The van der Waals surface area contributed by atoms with Crippen molar-refractivity contribution in [1.82, 2.24) is 15.2 Å². The predicted octanol–water partition coefficient (Wildman–Crippen LogP) is 3.89. The number of aromatic nitrogens is 1. The van der Waals surface area contributed by atoms with E-state index in [1.54, 1.807) is 11.3 Å². The molecule has 0 saturated carbocycles. The number of halogens is 1. The third-order valence-corrected chi connectivity index (χ3v) is 5.97. The third kappa shape index (κ3) is 5.78. The summed E-state index contributed by atoms with van der Waals surface area (Å²) in [4.78, 5) is 9.37. The second-order valence-electron chi connectivity index (χ2n) is 6.28. The Morgan fingerprint density at radius 3 is 2.70 bits per heavy atom. The number of thiocarbonyl (C=S) groups is 1. The molecule has 0 atom stereocenters. The highest BCUT2D eigenvalue weighted by Gasteiger charge is 2.21. The minimum Gasteiger partial charge on any atom is -0.382 e. The molecule has 146 valence electrons. The third-order valence-electron chi connectivity index (χ3n) is 4.42. The van der Waals surface area contributed by atoms with Crippen LogP contribution in [0.25, 0.3) is 11.3 Å². The van der Waals surface area contributed by atoms with E-state index < -0.39 is 0 Å². The maximum Gasteiger partial charge on any atom is 0.185 e. The summed E-state index contributed by atoms with van der Waals surface area (Å²) in [6, 6.07) is 7.82. The molecule has 0 radical (unpaired) electrons. The minimum absolute atomic E-state index is 0.743. The lowest BCUT2D eigenvalue weighted by Crippen LogP contribution is -2.51. The van der Waals surface area contributed by atoms with Gasteiger partial charge in [0.1, 0.15) is 0 Å². The Labute approximate surface area is 175 Å². The monoisotopic (exact) mass is 424 g/mol. The van der Waals surface area contributed by atoms with Crippen LogP contribution in [0.5, 0.6) is 0 Å². The average Bonchev–Trinajstić information content (AvgIpc) is 3.18. The quantitative estimate of drug-likeness (QED) is 0.537. The smallest absolute Gasteiger partial charge is 0.185 e. The van der Waals surface area contributed by atoms with Gasteiger partial charge < -0.3 is 19.9 Å². The molecule has 8 heteroatoms. The zero-order valence-corrected chi connectivity index (χ0v) is 17.9. The molecule has 0 aliphatic carbocycles. The van der Waals surface area contributed by atoms with Crippen LogP contribution in [0.2, 0.25) is 5.02 Å². The Balaban J connectivity index is 1.46. The lowest BCUT2D eigenvalue weighted by atomic mass is 10.2. The van der Waals surface area contributed by atoms with Crippen LogP contribution in [0.15, 0.2) is 29.6 Å². The molecule has 0 bridgehead atoms. The number of nitrogens with zero attached hydrogens (tertiary/aromatic N) is 3. The number of anilines is 1. The number of thiazole rings is 1. The van der Waals surface area contributed by atoms with Crippen molar-refractivity contribution in [2.45, 2.75) is 13.3 Å². The maximum absolute atomic E-state index is 5.97. The number of hydrogen-bond donors (Lipinski definition) is 1. The maximum atomic E-state index is 5.97. The van der Waals surface area contributed by atoms with E-state index in [4.69, 9.17) is 33.5 Å². The highest BCUT2D eigenvalue weighted by molar-refractivity contribution is 7.80. The molecule has 1 aromatic carbocycles. The molecule has 0 spiro atoms. The van der Waals surface area contributed by atoms with Crippen molar-refractivity contribution in [2.75, 3.05) is 50.8 Å². The van der Waals surface area contributed by atoms with Crippen LogP contribution in [0, 0.1) is 0 Å². The Kier molecular flexibility index (Phi) is 7.70. The molecule has 1 aromatic heterocycles. The highest BCUT2D eigenvalue weighted by Crippen LogP contribution is 2.28. The van der Waals surface area contributed by atoms with Gasteiger partial charge in [0.15, 0.2) is 10.2 Å². The molecule has 27 heavy (non-hydrogen) atoms. The van der Waals surface area contributed by atoms with Gasteiger partial charge in [-0.3, -0.25) is 0 Å². The molecule has 1 fully saturated rings. The standard InChI is InChI=1S/C19H25ClN4OS2/c1-2-25-13-3-8-21-18(26)23-9-11-24(12-10-23)19-22-17(14-27-19)15-4-6-16(20)7-5-15/h4-7,14H,2-3,8-13H2,1H3,(H,21,26). The van der Waals surface area contributed by atoms with Crippen LogP contribution >= 0.6 is 35.2 Å². The molecular formula is C19H25ClN4OS2. The summed E-state index contributed by atoms with van der Waals surface area (Å²) >= 11 is 13.2. The molecule has 1 saturated heterocycles. The topological polar surface area (TPSA) is 40.6 Å². The van der Waals surface area contributed by atoms with Gasteiger partial charge in [-0.15, -0.1) is 11.3 Å². The molecule has 1 N–H and O–H groups in total. The summed E-state index contributed by atoms with van der Waals surface area (Å²) in [7, 11) is 0.